The number of ether oxygens (including phenoxy) is 1. The van der Waals surface area contributed by atoms with Crippen LogP contribution in [0, 0.1) is 0 Å². The Balaban J connectivity index is 2.22. The molecule has 1 saturated heterocycles. The van der Waals surface area contributed by atoms with E-state index in [4.69, 9.17) is 25.2 Å². The Morgan fingerprint density at radius 1 is 1.25 bits per heavy atom. The van der Waals surface area contributed by atoms with Gasteiger partial charge in [-0.05, 0) is 6.08 Å². The molecule has 0 aromatic rings. The van der Waals surface area contributed by atoms with Gasteiger partial charge in [-0.1, -0.05) is 12.7 Å². The molecule has 20 heteroatoms. The van der Waals surface area contributed by atoms with E-state index in [1.54, 1.807) is 0 Å². The molecule has 0 bridgehead atoms. The molecule has 7 N–H and O–H groups in total. The summed E-state index contributed by atoms with van der Waals surface area (Å²) in [5, 5.41) is 10.2. The lowest BCUT2D eigenvalue weighted by atomic mass is 9.95. The first-order valence-electron chi connectivity index (χ1n) is 7.99. The summed E-state index contributed by atoms with van der Waals surface area (Å²) in [4.78, 5) is 40.0. The van der Waals surface area contributed by atoms with Gasteiger partial charge in [0, 0.05) is 6.20 Å². The molecule has 0 spiro atoms. The number of halogens is 2. The monoisotopic (exact) mass is 527 g/mol. The molecular formula is C12H18F2N3O12P3. The zero-order chi connectivity index (χ0) is 24.8. The Bertz CT molecular complexity index is 999. The summed E-state index contributed by atoms with van der Waals surface area (Å²) in [7, 11) is -17.2. The molecule has 0 saturated carbocycles. The minimum atomic E-state index is -5.85. The molecule has 182 valence electrons. The average molecular weight is 527 g/mol. The molecule has 5 atom stereocenters. The molecule has 0 amide bonds. The highest BCUT2D eigenvalue weighted by Crippen LogP contribution is 2.66. The number of hydrogen-bond acceptors (Lipinski definition) is 11. The number of nitrogens with two attached hydrogens (primary N) is 1. The molecule has 0 aliphatic carbocycles. The quantitative estimate of drug-likeness (QED) is 0.175. The molecule has 32 heavy (non-hydrogen) atoms. The highest BCUT2D eigenvalue weighted by Gasteiger charge is 2.67. The number of aliphatic hydroxyl groups excluding tert-OH is 1. The zero-order valence-corrected chi connectivity index (χ0v) is 18.4. The Labute approximate surface area is 178 Å². The van der Waals surface area contributed by atoms with E-state index < -0.39 is 53.9 Å². The lowest BCUT2D eigenvalue weighted by Gasteiger charge is -2.32. The first kappa shape index (κ1) is 26.9. The van der Waals surface area contributed by atoms with Gasteiger partial charge in [0.15, 0.2) is 6.10 Å². The van der Waals surface area contributed by atoms with E-state index in [-0.39, 0.29) is 11.7 Å². The maximum absolute atomic E-state index is 14.8. The van der Waals surface area contributed by atoms with Gasteiger partial charge < -0.3 is 40.1 Å². The lowest BCUT2D eigenvalue weighted by molar-refractivity contribution is -0.150. The standard InChI is InChI=1S/C12H18F2N3O12P3/c1-3-11(6-26-31(22,23)29-32(24,25)28-30(19,20)21)9(18)12(13,14)10(27-11)17-5-4-8(15)16-7(17)2/h3-5,9-10,18H,1-2,6H2,(H2,15,16)(H,22,23)(H,24,25)(H2,19,20,21)/t9-,10-,11-/m1/s1. The Morgan fingerprint density at radius 3 is 2.34 bits per heavy atom. The molecule has 2 rings (SSSR count). The number of alkyl halides is 2. The average Bonchev–Trinajstić information content (AvgIpc) is 2.78. The van der Waals surface area contributed by atoms with Crippen LogP contribution in [0.5, 0.6) is 0 Å². The van der Waals surface area contributed by atoms with Gasteiger partial charge in [-0.25, -0.2) is 18.7 Å². The summed E-state index contributed by atoms with van der Waals surface area (Å²) in [6, 6.07) is 0. The van der Waals surface area contributed by atoms with Crippen molar-refractivity contribution in [1.82, 2.24) is 4.90 Å². The van der Waals surface area contributed by atoms with Crippen LogP contribution in [0.1, 0.15) is 0 Å². The summed E-state index contributed by atoms with van der Waals surface area (Å²) < 4.78 is 80.0. The normalized spacial score (nSPS) is 31.7. The van der Waals surface area contributed by atoms with Crippen molar-refractivity contribution < 1.29 is 65.0 Å². The van der Waals surface area contributed by atoms with Gasteiger partial charge in [0.2, 0.25) is 6.23 Å². The van der Waals surface area contributed by atoms with E-state index in [1.165, 1.54) is 0 Å². The van der Waals surface area contributed by atoms with Crippen LogP contribution in [-0.4, -0.2) is 65.9 Å². The minimum Gasteiger partial charge on any atom is -0.384 e. The molecule has 2 unspecified atom stereocenters. The second-order valence-electron chi connectivity index (χ2n) is 6.25. The molecule has 15 nitrogen and oxygen atoms in total. The van der Waals surface area contributed by atoms with Crippen molar-refractivity contribution in [2.45, 2.75) is 23.9 Å². The molecule has 0 aromatic heterocycles. The predicted octanol–water partition coefficient (Wildman–Crippen LogP) is 0.265. The van der Waals surface area contributed by atoms with Crippen molar-refractivity contribution in [3.8, 4) is 0 Å². The van der Waals surface area contributed by atoms with Crippen LogP contribution in [0.3, 0.4) is 0 Å². The molecule has 0 radical (unpaired) electrons. The number of aliphatic hydroxyl groups is 1. The third-order valence-electron chi connectivity index (χ3n) is 3.92. The number of amidine groups is 1. The van der Waals surface area contributed by atoms with Crippen molar-refractivity contribution in [2.24, 2.45) is 10.7 Å². The van der Waals surface area contributed by atoms with Crippen LogP contribution >= 0.6 is 23.5 Å². The van der Waals surface area contributed by atoms with Crippen molar-refractivity contribution in [3.05, 3.63) is 37.3 Å². The summed E-state index contributed by atoms with van der Waals surface area (Å²) >= 11 is 0. The number of rotatable bonds is 9. The van der Waals surface area contributed by atoms with E-state index in [0.717, 1.165) is 12.3 Å². The largest absolute Gasteiger partial charge is 0.490 e. The number of phosphoric ester groups is 1. The van der Waals surface area contributed by atoms with E-state index in [2.05, 4.69) is 31.3 Å². The van der Waals surface area contributed by atoms with Gasteiger partial charge in [-0.3, -0.25) is 4.52 Å². The molecule has 2 aliphatic rings. The maximum Gasteiger partial charge on any atom is 0.490 e. The maximum atomic E-state index is 14.8. The Hall–Kier alpha value is -1.32. The summed E-state index contributed by atoms with van der Waals surface area (Å²) in [5.74, 6) is -4.44. The first-order chi connectivity index (χ1) is 14.3. The van der Waals surface area contributed by atoms with Crippen LogP contribution < -0.4 is 5.73 Å². The lowest BCUT2D eigenvalue weighted by Crippen LogP contribution is -2.49. The van der Waals surface area contributed by atoms with E-state index in [0.29, 0.717) is 11.0 Å². The van der Waals surface area contributed by atoms with E-state index >= 15 is 0 Å². The van der Waals surface area contributed by atoms with E-state index in [1.807, 2.05) is 0 Å². The molecule has 1 fully saturated rings. The number of aliphatic imine (C=N–C) groups is 1. The van der Waals surface area contributed by atoms with Gasteiger partial charge in [0.25, 0.3) is 0 Å². The van der Waals surface area contributed by atoms with Crippen LogP contribution in [0.15, 0.2) is 42.3 Å². The Kier molecular flexibility index (Phi) is 7.40. The fourth-order valence-corrected chi connectivity index (χ4v) is 5.63. The second-order valence-corrected chi connectivity index (χ2v) is 10.7. The summed E-state index contributed by atoms with van der Waals surface area (Å²) in [5.41, 5.74) is 2.85. The zero-order valence-electron chi connectivity index (χ0n) is 15.7. The van der Waals surface area contributed by atoms with Gasteiger partial charge in [0.05, 0.1) is 6.61 Å². The molecule has 0 aromatic carbocycles. The molecule has 2 heterocycles. The fourth-order valence-electron chi connectivity index (χ4n) is 2.57. The predicted molar refractivity (Wildman–Crippen MR) is 100 cm³/mol. The first-order valence-corrected chi connectivity index (χ1v) is 12.5. The Morgan fingerprint density at radius 2 is 1.84 bits per heavy atom. The number of phosphoric acid groups is 3. The van der Waals surface area contributed by atoms with Crippen molar-refractivity contribution in [3.63, 3.8) is 0 Å². The van der Waals surface area contributed by atoms with Crippen LogP contribution in [0.2, 0.25) is 0 Å². The summed E-state index contributed by atoms with van der Waals surface area (Å²) in [6.45, 7) is 5.24. The van der Waals surface area contributed by atoms with Gasteiger partial charge in [-0.2, -0.15) is 17.4 Å². The highest BCUT2D eigenvalue weighted by atomic mass is 31.3. The molecular weight excluding hydrogens is 509 g/mol. The second kappa shape index (κ2) is 8.80. The minimum absolute atomic E-state index is 0.0595. The highest BCUT2D eigenvalue weighted by molar-refractivity contribution is 7.66. The fraction of sp³-hybridized carbons (Fsp3) is 0.417. The van der Waals surface area contributed by atoms with Crippen molar-refractivity contribution in [1.29, 1.82) is 0 Å². The smallest absolute Gasteiger partial charge is 0.384 e. The van der Waals surface area contributed by atoms with Crippen LogP contribution in [-0.2, 0) is 31.6 Å². The summed E-state index contributed by atoms with van der Waals surface area (Å²) in [6.07, 6.45) is -2.25. The van der Waals surface area contributed by atoms with Crippen molar-refractivity contribution in [2.75, 3.05) is 6.61 Å². The van der Waals surface area contributed by atoms with Crippen LogP contribution in [0.25, 0.3) is 0 Å². The SMILES string of the molecule is C=C[C@]1(COP(=O)(O)OP(=O)(O)OP(=O)(O)O)O[C@@H](N2C=CC(N)=NC2=C)C(F)(F)[C@@H]1O. The molecule has 2 aliphatic heterocycles. The number of hydrogen-bond donors (Lipinski definition) is 6. The van der Waals surface area contributed by atoms with Gasteiger partial charge in [0.1, 0.15) is 17.3 Å². The van der Waals surface area contributed by atoms with Crippen LogP contribution in [0.4, 0.5) is 8.78 Å². The van der Waals surface area contributed by atoms with E-state index in [9.17, 15) is 32.5 Å². The van der Waals surface area contributed by atoms with Gasteiger partial charge in [-0.15, -0.1) is 6.58 Å². The van der Waals surface area contributed by atoms with Crippen molar-refractivity contribution >= 4 is 29.3 Å². The third-order valence-corrected chi connectivity index (χ3v) is 7.70. The third kappa shape index (κ3) is 5.97. The number of nitrogens with zero attached hydrogens (tertiary/aromatic N) is 2. The van der Waals surface area contributed by atoms with Gasteiger partial charge >= 0.3 is 29.4 Å². The topological polar surface area (TPSA) is 231 Å².